The number of thioether (sulfide) groups is 1. The predicted molar refractivity (Wildman–Crippen MR) is 99.9 cm³/mol. The number of amides is 1. The van der Waals surface area contributed by atoms with Crippen molar-refractivity contribution in [2.45, 2.75) is 44.8 Å². The third kappa shape index (κ3) is 7.40. The highest BCUT2D eigenvalue weighted by Crippen LogP contribution is 2.15. The first-order chi connectivity index (χ1) is 11.3. The van der Waals surface area contributed by atoms with Crippen LogP contribution in [0.5, 0.6) is 0 Å². The summed E-state index contributed by atoms with van der Waals surface area (Å²) >= 11 is 1.70. The average molecular weight is 335 g/mol. The molecule has 0 saturated carbocycles. The fourth-order valence-electron chi connectivity index (χ4n) is 2.97. The molecular weight excluding hydrogens is 304 g/mol. The minimum Gasteiger partial charge on any atom is -0.355 e. The molecule has 0 atom stereocenters. The minimum absolute atomic E-state index is 0.166. The van der Waals surface area contributed by atoms with Gasteiger partial charge < -0.3 is 10.2 Å². The molecule has 0 aliphatic carbocycles. The monoisotopic (exact) mass is 334 g/mol. The van der Waals surface area contributed by atoms with Gasteiger partial charge in [-0.3, -0.25) is 4.79 Å². The number of hydrogen-bond acceptors (Lipinski definition) is 3. The van der Waals surface area contributed by atoms with E-state index >= 15 is 0 Å². The van der Waals surface area contributed by atoms with Gasteiger partial charge in [-0.05, 0) is 56.9 Å². The fourth-order valence-corrected chi connectivity index (χ4v) is 3.90. The molecule has 1 heterocycles. The largest absolute Gasteiger partial charge is 0.355 e. The van der Waals surface area contributed by atoms with Crippen molar-refractivity contribution in [2.24, 2.45) is 0 Å². The van der Waals surface area contributed by atoms with Crippen LogP contribution in [0.2, 0.25) is 0 Å². The number of likely N-dealkylation sites (tertiary alicyclic amines) is 1. The van der Waals surface area contributed by atoms with E-state index in [-0.39, 0.29) is 5.91 Å². The Bertz CT molecular complexity index is 470. The Hall–Kier alpha value is -1.00. The van der Waals surface area contributed by atoms with Crippen LogP contribution in [0.25, 0.3) is 0 Å². The van der Waals surface area contributed by atoms with Crippen LogP contribution in [0, 0.1) is 6.92 Å². The molecule has 1 N–H and O–H groups in total. The molecule has 1 aliphatic heterocycles. The van der Waals surface area contributed by atoms with Crippen molar-refractivity contribution in [3.05, 3.63) is 35.4 Å². The molecule has 1 aromatic rings. The van der Waals surface area contributed by atoms with Crippen LogP contribution in [-0.2, 0) is 10.5 Å². The summed E-state index contributed by atoms with van der Waals surface area (Å²) in [7, 11) is 0. The Morgan fingerprint density at radius 2 is 1.91 bits per heavy atom. The van der Waals surface area contributed by atoms with E-state index in [0.29, 0.717) is 5.75 Å². The molecule has 128 valence electrons. The van der Waals surface area contributed by atoms with Gasteiger partial charge in [-0.15, -0.1) is 11.8 Å². The van der Waals surface area contributed by atoms with E-state index in [0.717, 1.165) is 25.3 Å². The number of nitrogens with zero attached hydrogens (tertiary/aromatic N) is 1. The highest BCUT2D eigenvalue weighted by atomic mass is 32.2. The van der Waals surface area contributed by atoms with E-state index in [4.69, 9.17) is 0 Å². The average Bonchev–Trinajstić information content (AvgIpc) is 2.82. The lowest BCUT2D eigenvalue weighted by Gasteiger charge is -2.19. The molecule has 2 rings (SSSR count). The van der Waals surface area contributed by atoms with Gasteiger partial charge in [0, 0.05) is 12.3 Å². The summed E-state index contributed by atoms with van der Waals surface area (Å²) in [5, 5.41) is 3.05. The van der Waals surface area contributed by atoms with Crippen LogP contribution in [0.4, 0.5) is 0 Å². The Balaban J connectivity index is 1.52. The van der Waals surface area contributed by atoms with Crippen molar-refractivity contribution in [3.8, 4) is 0 Å². The maximum absolute atomic E-state index is 11.9. The Morgan fingerprint density at radius 3 is 2.65 bits per heavy atom. The fraction of sp³-hybridized carbons (Fsp3) is 0.632. The van der Waals surface area contributed by atoms with Crippen LogP contribution in [0.15, 0.2) is 24.3 Å². The number of nitrogens with one attached hydrogen (secondary N) is 1. The SMILES string of the molecule is Cc1ccccc1CSCC(=O)NCCCN1CCCCCC1. The molecule has 23 heavy (non-hydrogen) atoms. The van der Waals surface area contributed by atoms with Crippen molar-refractivity contribution in [3.63, 3.8) is 0 Å². The van der Waals surface area contributed by atoms with Crippen LogP contribution < -0.4 is 5.32 Å². The van der Waals surface area contributed by atoms with Crippen molar-refractivity contribution in [2.75, 3.05) is 31.9 Å². The van der Waals surface area contributed by atoms with E-state index in [1.54, 1.807) is 11.8 Å². The number of carbonyl (C=O) groups excluding carboxylic acids is 1. The standard InChI is InChI=1S/C19H30N2OS/c1-17-9-4-5-10-18(17)15-23-16-19(22)20-11-8-14-21-12-6-2-3-7-13-21/h4-5,9-10H,2-3,6-8,11-16H2,1H3,(H,20,22). The Labute approximate surface area is 145 Å². The van der Waals surface area contributed by atoms with E-state index in [9.17, 15) is 4.79 Å². The summed E-state index contributed by atoms with van der Waals surface area (Å²) in [6.07, 6.45) is 6.49. The van der Waals surface area contributed by atoms with Gasteiger partial charge in [0.2, 0.25) is 5.91 Å². The van der Waals surface area contributed by atoms with E-state index in [2.05, 4.69) is 41.4 Å². The van der Waals surface area contributed by atoms with Gasteiger partial charge in [0.15, 0.2) is 0 Å². The molecule has 3 nitrogen and oxygen atoms in total. The number of carbonyl (C=O) groups is 1. The lowest BCUT2D eigenvalue weighted by molar-refractivity contribution is -0.118. The van der Waals surface area contributed by atoms with Crippen molar-refractivity contribution < 1.29 is 4.79 Å². The molecule has 0 aromatic heterocycles. The second-order valence-corrected chi connectivity index (χ2v) is 7.36. The molecule has 0 bridgehead atoms. The smallest absolute Gasteiger partial charge is 0.230 e. The lowest BCUT2D eigenvalue weighted by Crippen LogP contribution is -2.31. The topological polar surface area (TPSA) is 32.3 Å². The number of rotatable bonds is 8. The van der Waals surface area contributed by atoms with E-state index < -0.39 is 0 Å². The van der Waals surface area contributed by atoms with Gasteiger partial charge >= 0.3 is 0 Å². The van der Waals surface area contributed by atoms with Crippen molar-refractivity contribution >= 4 is 17.7 Å². The number of hydrogen-bond donors (Lipinski definition) is 1. The van der Waals surface area contributed by atoms with Crippen LogP contribution in [0.3, 0.4) is 0 Å². The number of aryl methyl sites for hydroxylation is 1. The van der Waals surface area contributed by atoms with Crippen molar-refractivity contribution in [1.29, 1.82) is 0 Å². The Morgan fingerprint density at radius 1 is 1.17 bits per heavy atom. The molecule has 1 amide bonds. The molecule has 0 radical (unpaired) electrons. The van der Waals surface area contributed by atoms with E-state index in [1.165, 1.54) is 49.9 Å². The Kier molecular flexibility index (Phi) is 8.54. The van der Waals surface area contributed by atoms with E-state index in [1.807, 2.05) is 0 Å². The zero-order chi connectivity index (χ0) is 16.3. The maximum atomic E-state index is 11.9. The summed E-state index contributed by atoms with van der Waals surface area (Å²) in [6.45, 7) is 6.52. The zero-order valence-electron chi connectivity index (χ0n) is 14.4. The third-order valence-corrected chi connectivity index (χ3v) is 5.41. The molecular formula is C19H30N2OS. The lowest BCUT2D eigenvalue weighted by atomic mass is 10.1. The first-order valence-corrected chi connectivity index (χ1v) is 10.0. The molecule has 1 fully saturated rings. The number of benzene rings is 1. The summed E-state index contributed by atoms with van der Waals surface area (Å²) < 4.78 is 0. The molecule has 4 heteroatoms. The predicted octanol–water partition coefficient (Wildman–Crippen LogP) is 3.61. The second-order valence-electron chi connectivity index (χ2n) is 6.38. The first kappa shape index (κ1) is 18.3. The van der Waals surface area contributed by atoms with Gasteiger partial charge in [-0.25, -0.2) is 0 Å². The molecule has 1 aliphatic rings. The summed E-state index contributed by atoms with van der Waals surface area (Å²) in [5.74, 6) is 1.63. The summed E-state index contributed by atoms with van der Waals surface area (Å²) in [4.78, 5) is 14.4. The van der Waals surface area contributed by atoms with Gasteiger partial charge in [0.1, 0.15) is 0 Å². The highest BCUT2D eigenvalue weighted by Gasteiger charge is 2.08. The molecule has 1 aromatic carbocycles. The van der Waals surface area contributed by atoms with Gasteiger partial charge in [0.25, 0.3) is 0 Å². The molecule has 0 spiro atoms. The third-order valence-electron chi connectivity index (χ3n) is 4.42. The van der Waals surface area contributed by atoms with Gasteiger partial charge in [-0.1, -0.05) is 37.1 Å². The van der Waals surface area contributed by atoms with Gasteiger partial charge in [0.05, 0.1) is 5.75 Å². The minimum atomic E-state index is 0.166. The van der Waals surface area contributed by atoms with Crippen LogP contribution in [-0.4, -0.2) is 42.7 Å². The zero-order valence-corrected chi connectivity index (χ0v) is 15.2. The van der Waals surface area contributed by atoms with Crippen LogP contribution in [0.1, 0.15) is 43.2 Å². The summed E-state index contributed by atoms with van der Waals surface area (Å²) in [5.41, 5.74) is 2.63. The normalized spacial score (nSPS) is 16.0. The molecule has 1 saturated heterocycles. The van der Waals surface area contributed by atoms with Gasteiger partial charge in [-0.2, -0.15) is 0 Å². The maximum Gasteiger partial charge on any atom is 0.230 e. The second kappa shape index (κ2) is 10.7. The first-order valence-electron chi connectivity index (χ1n) is 8.87. The molecule has 0 unspecified atom stereocenters. The highest BCUT2D eigenvalue weighted by molar-refractivity contribution is 7.99. The summed E-state index contributed by atoms with van der Waals surface area (Å²) in [6, 6.07) is 8.38. The van der Waals surface area contributed by atoms with Crippen LogP contribution >= 0.6 is 11.8 Å². The quantitative estimate of drug-likeness (QED) is 0.737. The van der Waals surface area contributed by atoms with Crippen molar-refractivity contribution in [1.82, 2.24) is 10.2 Å².